The first-order chi connectivity index (χ1) is 9.03. The van der Waals surface area contributed by atoms with Gasteiger partial charge in [-0.15, -0.1) is 0 Å². The van der Waals surface area contributed by atoms with E-state index in [-0.39, 0.29) is 11.4 Å². The molecule has 1 aromatic rings. The molecule has 4 heteroatoms. The number of hydrogen-bond acceptors (Lipinski definition) is 2. The van der Waals surface area contributed by atoms with Gasteiger partial charge in [0.15, 0.2) is 0 Å². The van der Waals surface area contributed by atoms with Crippen molar-refractivity contribution in [2.45, 2.75) is 32.1 Å². The van der Waals surface area contributed by atoms with Crippen molar-refractivity contribution in [2.24, 2.45) is 5.73 Å². The summed E-state index contributed by atoms with van der Waals surface area (Å²) in [5.41, 5.74) is 7.76. The number of nitrogens with one attached hydrogen (secondary N) is 1. The van der Waals surface area contributed by atoms with Crippen LogP contribution in [0.3, 0.4) is 0 Å². The highest BCUT2D eigenvalue weighted by molar-refractivity contribution is 5.89. The normalized spacial score (nSPS) is 15.6. The standard InChI is InChI=1S/C15H23N3O/c1-15(2,11-16)12-5-7-13(8-6-12)17-14(19)18-9-3-4-10-18/h5-8H,3-4,9-11,16H2,1-2H3,(H,17,19). The van der Waals surface area contributed by atoms with E-state index in [1.165, 1.54) is 5.56 Å². The number of amides is 2. The lowest BCUT2D eigenvalue weighted by molar-refractivity contribution is 0.222. The molecule has 0 aromatic heterocycles. The van der Waals surface area contributed by atoms with E-state index in [1.54, 1.807) is 0 Å². The predicted octanol–water partition coefficient (Wildman–Crippen LogP) is 2.55. The lowest BCUT2D eigenvalue weighted by atomic mass is 9.85. The first kappa shape index (κ1) is 13.9. The molecule has 3 N–H and O–H groups in total. The lowest BCUT2D eigenvalue weighted by Gasteiger charge is -2.23. The first-order valence-corrected chi connectivity index (χ1v) is 6.89. The topological polar surface area (TPSA) is 58.4 Å². The Kier molecular flexibility index (Phi) is 4.10. The fraction of sp³-hybridized carbons (Fsp3) is 0.533. The summed E-state index contributed by atoms with van der Waals surface area (Å²) >= 11 is 0. The van der Waals surface area contributed by atoms with Crippen LogP contribution in [0.4, 0.5) is 10.5 Å². The molecular weight excluding hydrogens is 238 g/mol. The number of carbonyl (C=O) groups excluding carboxylic acids is 1. The summed E-state index contributed by atoms with van der Waals surface area (Å²) in [5, 5.41) is 2.94. The fourth-order valence-corrected chi connectivity index (χ4v) is 2.25. The minimum Gasteiger partial charge on any atom is -0.330 e. The van der Waals surface area contributed by atoms with Crippen molar-refractivity contribution in [2.75, 3.05) is 25.0 Å². The molecule has 1 heterocycles. The molecule has 0 atom stereocenters. The number of anilines is 1. The number of benzene rings is 1. The molecule has 2 amide bonds. The maximum atomic E-state index is 11.9. The summed E-state index contributed by atoms with van der Waals surface area (Å²) in [4.78, 5) is 13.8. The minimum atomic E-state index is -0.0303. The number of rotatable bonds is 3. The predicted molar refractivity (Wildman–Crippen MR) is 78.3 cm³/mol. The lowest BCUT2D eigenvalue weighted by Crippen LogP contribution is -2.32. The van der Waals surface area contributed by atoms with Gasteiger partial charge >= 0.3 is 6.03 Å². The zero-order chi connectivity index (χ0) is 13.9. The number of hydrogen-bond donors (Lipinski definition) is 2. The van der Waals surface area contributed by atoms with Gasteiger partial charge in [0.2, 0.25) is 0 Å². The highest BCUT2D eigenvalue weighted by Crippen LogP contribution is 2.23. The van der Waals surface area contributed by atoms with Gasteiger partial charge in [0.05, 0.1) is 0 Å². The third kappa shape index (κ3) is 3.26. The van der Waals surface area contributed by atoms with E-state index in [0.717, 1.165) is 31.6 Å². The summed E-state index contributed by atoms with van der Waals surface area (Å²) in [5.74, 6) is 0. The SMILES string of the molecule is CC(C)(CN)c1ccc(NC(=O)N2CCCC2)cc1. The molecule has 1 aromatic carbocycles. The molecule has 0 radical (unpaired) electrons. The Morgan fingerprint density at radius 2 is 1.84 bits per heavy atom. The van der Waals surface area contributed by atoms with Gasteiger partial charge in [-0.1, -0.05) is 26.0 Å². The number of urea groups is 1. The van der Waals surface area contributed by atoms with Crippen LogP contribution in [0.25, 0.3) is 0 Å². The van der Waals surface area contributed by atoms with Crippen LogP contribution in [0.5, 0.6) is 0 Å². The molecule has 0 aliphatic carbocycles. The van der Waals surface area contributed by atoms with Crippen LogP contribution < -0.4 is 11.1 Å². The first-order valence-electron chi connectivity index (χ1n) is 6.89. The Labute approximate surface area is 115 Å². The number of likely N-dealkylation sites (tertiary alicyclic amines) is 1. The van der Waals surface area contributed by atoms with Crippen molar-refractivity contribution in [1.82, 2.24) is 4.90 Å². The molecule has 1 aliphatic heterocycles. The van der Waals surface area contributed by atoms with Gasteiger partial charge < -0.3 is 16.0 Å². The van der Waals surface area contributed by atoms with Crippen molar-refractivity contribution in [3.8, 4) is 0 Å². The Bertz CT molecular complexity index is 433. The summed E-state index contributed by atoms with van der Waals surface area (Å²) in [6, 6.07) is 7.96. The zero-order valence-electron chi connectivity index (χ0n) is 11.8. The van der Waals surface area contributed by atoms with Crippen LogP contribution in [0.15, 0.2) is 24.3 Å². The highest BCUT2D eigenvalue weighted by Gasteiger charge is 2.19. The third-order valence-corrected chi connectivity index (χ3v) is 3.82. The summed E-state index contributed by atoms with van der Waals surface area (Å²) in [6.45, 7) is 6.57. The molecule has 0 spiro atoms. The molecule has 104 valence electrons. The number of nitrogens with two attached hydrogens (primary N) is 1. The van der Waals surface area contributed by atoms with Crippen LogP contribution in [0.2, 0.25) is 0 Å². The van der Waals surface area contributed by atoms with E-state index in [0.29, 0.717) is 6.54 Å². The highest BCUT2D eigenvalue weighted by atomic mass is 16.2. The average Bonchev–Trinajstić information content (AvgIpc) is 2.93. The van der Waals surface area contributed by atoms with Gasteiger partial charge in [-0.25, -0.2) is 4.79 Å². The van der Waals surface area contributed by atoms with Crippen molar-refractivity contribution >= 4 is 11.7 Å². The van der Waals surface area contributed by atoms with Gasteiger partial charge in [-0.3, -0.25) is 0 Å². The molecule has 2 rings (SSSR count). The second kappa shape index (κ2) is 5.61. The second-order valence-electron chi connectivity index (χ2n) is 5.79. The van der Waals surface area contributed by atoms with Gasteiger partial charge in [0.25, 0.3) is 0 Å². The maximum Gasteiger partial charge on any atom is 0.321 e. The Balaban J connectivity index is 2.00. The van der Waals surface area contributed by atoms with Crippen molar-refractivity contribution in [3.63, 3.8) is 0 Å². The second-order valence-corrected chi connectivity index (χ2v) is 5.79. The van der Waals surface area contributed by atoms with Crippen molar-refractivity contribution < 1.29 is 4.79 Å². The van der Waals surface area contributed by atoms with Crippen molar-refractivity contribution in [1.29, 1.82) is 0 Å². The van der Waals surface area contributed by atoms with Crippen molar-refractivity contribution in [3.05, 3.63) is 29.8 Å². The molecule has 4 nitrogen and oxygen atoms in total. The van der Waals surface area contributed by atoms with Gasteiger partial charge in [-0.05, 0) is 30.5 Å². The van der Waals surface area contributed by atoms with E-state index in [9.17, 15) is 4.79 Å². The molecule has 1 saturated heterocycles. The van der Waals surface area contributed by atoms with Crippen LogP contribution in [0, 0.1) is 0 Å². The molecular formula is C15H23N3O. The smallest absolute Gasteiger partial charge is 0.321 e. The molecule has 0 saturated carbocycles. The third-order valence-electron chi connectivity index (χ3n) is 3.82. The molecule has 19 heavy (non-hydrogen) atoms. The van der Waals surface area contributed by atoms with Gasteiger partial charge in [0, 0.05) is 30.7 Å². The minimum absolute atomic E-state index is 0.00309. The average molecular weight is 261 g/mol. The molecule has 1 aliphatic rings. The maximum absolute atomic E-state index is 11.9. The van der Waals surface area contributed by atoms with Crippen LogP contribution in [-0.4, -0.2) is 30.6 Å². The van der Waals surface area contributed by atoms with Crippen LogP contribution in [0.1, 0.15) is 32.3 Å². The van der Waals surface area contributed by atoms with Crippen LogP contribution >= 0.6 is 0 Å². The summed E-state index contributed by atoms with van der Waals surface area (Å²) in [7, 11) is 0. The van der Waals surface area contributed by atoms with E-state index < -0.39 is 0 Å². The van der Waals surface area contributed by atoms with Gasteiger partial charge in [0.1, 0.15) is 0 Å². The Morgan fingerprint density at radius 1 is 1.26 bits per heavy atom. The number of nitrogens with zero attached hydrogens (tertiary/aromatic N) is 1. The Hall–Kier alpha value is -1.55. The van der Waals surface area contributed by atoms with E-state index in [1.807, 2.05) is 29.2 Å². The summed E-state index contributed by atoms with van der Waals surface area (Å²) in [6.07, 6.45) is 2.22. The van der Waals surface area contributed by atoms with E-state index >= 15 is 0 Å². The fourth-order valence-electron chi connectivity index (χ4n) is 2.25. The largest absolute Gasteiger partial charge is 0.330 e. The van der Waals surface area contributed by atoms with E-state index in [2.05, 4.69) is 19.2 Å². The molecule has 1 fully saturated rings. The Morgan fingerprint density at radius 3 is 2.37 bits per heavy atom. The number of carbonyl (C=O) groups is 1. The van der Waals surface area contributed by atoms with Crippen LogP contribution in [-0.2, 0) is 5.41 Å². The molecule has 0 bridgehead atoms. The quantitative estimate of drug-likeness (QED) is 0.878. The van der Waals surface area contributed by atoms with E-state index in [4.69, 9.17) is 5.73 Å². The zero-order valence-corrected chi connectivity index (χ0v) is 11.8. The summed E-state index contributed by atoms with van der Waals surface area (Å²) < 4.78 is 0. The monoisotopic (exact) mass is 261 g/mol. The van der Waals surface area contributed by atoms with Gasteiger partial charge in [-0.2, -0.15) is 0 Å². The molecule has 0 unspecified atom stereocenters.